The Kier molecular flexibility index (Phi) is 5.88. The van der Waals surface area contributed by atoms with Gasteiger partial charge in [0.1, 0.15) is 0 Å². The van der Waals surface area contributed by atoms with Crippen molar-refractivity contribution < 1.29 is 0 Å². The largest absolute Gasteiger partial charge is 0.134 e. The smallest absolute Gasteiger partial charge is 0.00542 e. The highest BCUT2D eigenvalue weighted by molar-refractivity contribution is 8.05. The van der Waals surface area contributed by atoms with Crippen LogP contribution >= 0.6 is 23.5 Å². The summed E-state index contributed by atoms with van der Waals surface area (Å²) in [6, 6.07) is 0. The maximum Gasteiger partial charge on any atom is -0.00542 e. The van der Waals surface area contributed by atoms with Gasteiger partial charge in [0.25, 0.3) is 0 Å². The fourth-order valence-corrected chi connectivity index (χ4v) is 1.24. The van der Waals surface area contributed by atoms with Crippen molar-refractivity contribution in [2.45, 2.75) is 13.8 Å². The molecule has 0 radical (unpaired) electrons. The van der Waals surface area contributed by atoms with Crippen LogP contribution in [0, 0.1) is 0 Å². The van der Waals surface area contributed by atoms with Gasteiger partial charge in [-0.25, -0.2) is 0 Å². The molecule has 0 atom stereocenters. The maximum atomic E-state index is 2.20. The van der Waals surface area contributed by atoms with Crippen molar-refractivity contribution >= 4 is 23.5 Å². The van der Waals surface area contributed by atoms with E-state index in [1.165, 1.54) is 10.7 Å². The molecule has 0 amide bonds. The lowest BCUT2D eigenvalue weighted by molar-refractivity contribution is 1.53. The second-order valence-electron chi connectivity index (χ2n) is 1.39. The Balaban J connectivity index is 3.26. The zero-order valence-electron chi connectivity index (χ0n) is 5.60. The van der Waals surface area contributed by atoms with Crippen LogP contribution in [0.3, 0.4) is 0 Å². The van der Waals surface area contributed by atoms with Crippen molar-refractivity contribution in [3.8, 4) is 0 Å². The minimum Gasteiger partial charge on any atom is -0.134 e. The molecule has 0 spiro atoms. The van der Waals surface area contributed by atoms with Gasteiger partial charge >= 0.3 is 0 Å². The van der Waals surface area contributed by atoms with Gasteiger partial charge in [-0.05, 0) is 29.2 Å². The summed E-state index contributed by atoms with van der Waals surface area (Å²) in [4.78, 5) is 1.40. The fourth-order valence-electron chi connectivity index (χ4n) is 0.249. The Morgan fingerprint density at radius 2 is 2.25 bits per heavy atom. The molecule has 0 aliphatic rings. The topological polar surface area (TPSA) is 0 Å². The highest BCUT2D eigenvalue weighted by Crippen LogP contribution is 2.14. The third kappa shape index (κ3) is 4.60. The summed E-state index contributed by atoms with van der Waals surface area (Å²) in [5.74, 6) is 1.18. The zero-order chi connectivity index (χ0) is 6.41. The average Bonchev–Trinajstić information content (AvgIpc) is 1.83. The van der Waals surface area contributed by atoms with E-state index in [2.05, 4.69) is 25.5 Å². The molecule has 0 fully saturated rings. The van der Waals surface area contributed by atoms with Crippen molar-refractivity contribution in [1.82, 2.24) is 0 Å². The monoisotopic (exact) mass is 148 g/mol. The van der Waals surface area contributed by atoms with Crippen LogP contribution in [0.25, 0.3) is 0 Å². The first-order valence-corrected chi connectivity index (χ1v) is 4.91. The summed E-state index contributed by atoms with van der Waals surface area (Å²) in [5.41, 5.74) is 0. The normalized spacial score (nSPS) is 12.1. The molecule has 0 saturated heterocycles. The number of hydrogen-bond donors (Lipinski definition) is 0. The first-order chi connectivity index (χ1) is 3.81. The zero-order valence-corrected chi connectivity index (χ0v) is 7.23. The number of allylic oxidation sites excluding steroid dienone is 1. The van der Waals surface area contributed by atoms with E-state index in [-0.39, 0.29) is 0 Å². The highest BCUT2D eigenvalue weighted by atomic mass is 32.2. The number of thioether (sulfide) groups is 2. The molecule has 0 aromatic heterocycles. The minimum atomic E-state index is 1.18. The molecule has 0 nitrogen and oxygen atoms in total. The molecule has 0 bridgehead atoms. The fraction of sp³-hybridized carbons (Fsp3) is 0.667. The molecule has 0 aliphatic carbocycles. The van der Waals surface area contributed by atoms with E-state index in [4.69, 9.17) is 0 Å². The van der Waals surface area contributed by atoms with Crippen LogP contribution < -0.4 is 0 Å². The standard InChI is InChI=1S/C6H12S2/c1-4-8-5-6(2)7-3/h5H,4H2,1-3H3/b6-5+. The summed E-state index contributed by atoms with van der Waals surface area (Å²) in [5, 5.41) is 2.20. The van der Waals surface area contributed by atoms with Crippen molar-refractivity contribution in [3.63, 3.8) is 0 Å². The van der Waals surface area contributed by atoms with E-state index < -0.39 is 0 Å². The van der Waals surface area contributed by atoms with Crippen LogP contribution in [0.15, 0.2) is 10.3 Å². The van der Waals surface area contributed by atoms with Gasteiger partial charge in [0.05, 0.1) is 0 Å². The Morgan fingerprint density at radius 1 is 1.62 bits per heavy atom. The van der Waals surface area contributed by atoms with Gasteiger partial charge in [0.15, 0.2) is 0 Å². The van der Waals surface area contributed by atoms with Crippen molar-refractivity contribution in [1.29, 1.82) is 0 Å². The highest BCUT2D eigenvalue weighted by Gasteiger charge is 1.80. The molecule has 8 heavy (non-hydrogen) atoms. The third-order valence-electron chi connectivity index (χ3n) is 0.738. The van der Waals surface area contributed by atoms with E-state index in [0.717, 1.165) is 0 Å². The molecule has 2 heteroatoms. The summed E-state index contributed by atoms with van der Waals surface area (Å²) in [7, 11) is 0. The molecule has 0 saturated carbocycles. The molecule has 0 rings (SSSR count). The summed E-state index contributed by atoms with van der Waals surface area (Å²) >= 11 is 3.66. The van der Waals surface area contributed by atoms with E-state index >= 15 is 0 Å². The van der Waals surface area contributed by atoms with Crippen LogP contribution in [0.5, 0.6) is 0 Å². The van der Waals surface area contributed by atoms with Gasteiger partial charge in [0.2, 0.25) is 0 Å². The van der Waals surface area contributed by atoms with Crippen LogP contribution in [0.1, 0.15) is 13.8 Å². The lowest BCUT2D eigenvalue weighted by Gasteiger charge is -1.90. The van der Waals surface area contributed by atoms with Gasteiger partial charge in [-0.15, -0.1) is 23.5 Å². The lowest BCUT2D eigenvalue weighted by atomic mass is 10.8. The second-order valence-corrected chi connectivity index (χ2v) is 3.59. The Morgan fingerprint density at radius 3 is 2.62 bits per heavy atom. The van der Waals surface area contributed by atoms with E-state index in [1.54, 1.807) is 11.8 Å². The third-order valence-corrected chi connectivity index (χ3v) is 2.50. The van der Waals surface area contributed by atoms with Gasteiger partial charge in [0, 0.05) is 0 Å². The van der Waals surface area contributed by atoms with Crippen LogP contribution in [-0.2, 0) is 0 Å². The molecule has 0 N–H and O–H groups in total. The van der Waals surface area contributed by atoms with Crippen LogP contribution in [-0.4, -0.2) is 12.0 Å². The van der Waals surface area contributed by atoms with Gasteiger partial charge < -0.3 is 0 Å². The minimum absolute atomic E-state index is 1.18. The number of hydrogen-bond acceptors (Lipinski definition) is 2. The predicted octanol–water partition coefficient (Wildman–Crippen LogP) is 2.96. The Hall–Kier alpha value is 0.440. The molecule has 0 heterocycles. The van der Waals surface area contributed by atoms with Crippen LogP contribution in [0.2, 0.25) is 0 Å². The van der Waals surface area contributed by atoms with Crippen molar-refractivity contribution in [2.24, 2.45) is 0 Å². The maximum absolute atomic E-state index is 2.20. The first-order valence-electron chi connectivity index (χ1n) is 2.63. The van der Waals surface area contributed by atoms with Gasteiger partial charge in [-0.1, -0.05) is 6.92 Å². The number of rotatable bonds is 3. The summed E-state index contributed by atoms with van der Waals surface area (Å²) in [6.45, 7) is 4.29. The van der Waals surface area contributed by atoms with E-state index in [1.807, 2.05) is 11.8 Å². The summed E-state index contributed by atoms with van der Waals surface area (Å²) in [6.07, 6.45) is 2.10. The predicted molar refractivity (Wildman–Crippen MR) is 45.4 cm³/mol. The quantitative estimate of drug-likeness (QED) is 0.603. The van der Waals surface area contributed by atoms with Crippen LogP contribution in [0.4, 0.5) is 0 Å². The Labute approximate surface area is 60.1 Å². The van der Waals surface area contributed by atoms with Gasteiger partial charge in [-0.2, -0.15) is 0 Å². The molecule has 0 aliphatic heterocycles. The van der Waals surface area contributed by atoms with E-state index in [0.29, 0.717) is 0 Å². The van der Waals surface area contributed by atoms with Crippen molar-refractivity contribution in [2.75, 3.05) is 12.0 Å². The molecule has 0 aromatic rings. The molecule has 48 valence electrons. The average molecular weight is 148 g/mol. The molecule has 0 unspecified atom stereocenters. The second kappa shape index (κ2) is 5.57. The lowest BCUT2D eigenvalue weighted by Crippen LogP contribution is -1.62. The summed E-state index contributed by atoms with van der Waals surface area (Å²) < 4.78 is 0. The SMILES string of the molecule is CCS/C=C(\C)SC. The Bertz CT molecular complexity index is 76.6. The van der Waals surface area contributed by atoms with Crippen molar-refractivity contribution in [3.05, 3.63) is 10.3 Å². The van der Waals surface area contributed by atoms with E-state index in [9.17, 15) is 0 Å². The first kappa shape index (κ1) is 8.44. The molecular weight excluding hydrogens is 136 g/mol. The van der Waals surface area contributed by atoms with Gasteiger partial charge in [-0.3, -0.25) is 0 Å². The molecular formula is C6H12S2. The molecule has 0 aromatic carbocycles.